The highest BCUT2D eigenvalue weighted by molar-refractivity contribution is 7.89. The maximum atomic E-state index is 12.1. The van der Waals surface area contributed by atoms with Crippen LogP contribution < -0.4 is 4.72 Å². The number of aromatic nitrogens is 1. The van der Waals surface area contributed by atoms with E-state index in [1.807, 2.05) is 12.1 Å². The standard InChI is InChI=1S/C15H18N2O3S/c1-20-12-2-9-17-21(18,19)15-5-3-13(4-6-15)14-7-10-16-11-8-14/h3-8,10-11,17H,2,9,12H2,1H3. The number of benzene rings is 1. The Morgan fingerprint density at radius 3 is 2.29 bits per heavy atom. The van der Waals surface area contributed by atoms with Gasteiger partial charge in [-0.3, -0.25) is 4.98 Å². The molecular weight excluding hydrogens is 288 g/mol. The number of hydrogen-bond donors (Lipinski definition) is 1. The molecule has 0 aliphatic rings. The lowest BCUT2D eigenvalue weighted by atomic mass is 10.1. The predicted molar refractivity (Wildman–Crippen MR) is 81.4 cm³/mol. The van der Waals surface area contributed by atoms with Gasteiger partial charge in [-0.25, -0.2) is 13.1 Å². The van der Waals surface area contributed by atoms with Gasteiger partial charge in [-0.2, -0.15) is 0 Å². The SMILES string of the molecule is COCCCNS(=O)(=O)c1ccc(-c2ccncc2)cc1. The first-order valence-corrected chi connectivity index (χ1v) is 8.11. The summed E-state index contributed by atoms with van der Waals surface area (Å²) >= 11 is 0. The van der Waals surface area contributed by atoms with Crippen LogP contribution in [0.5, 0.6) is 0 Å². The van der Waals surface area contributed by atoms with Crippen LogP contribution in [0.4, 0.5) is 0 Å². The molecule has 0 spiro atoms. The van der Waals surface area contributed by atoms with Gasteiger partial charge in [0.15, 0.2) is 0 Å². The molecule has 21 heavy (non-hydrogen) atoms. The zero-order valence-corrected chi connectivity index (χ0v) is 12.6. The Labute approximate surface area is 125 Å². The Morgan fingerprint density at radius 1 is 1.05 bits per heavy atom. The second-order valence-corrected chi connectivity index (χ2v) is 6.27. The Hall–Kier alpha value is -1.76. The molecule has 0 saturated carbocycles. The van der Waals surface area contributed by atoms with E-state index in [9.17, 15) is 8.42 Å². The van der Waals surface area contributed by atoms with Gasteiger partial charge in [-0.05, 0) is 41.8 Å². The molecule has 1 N–H and O–H groups in total. The van der Waals surface area contributed by atoms with Gasteiger partial charge in [0.05, 0.1) is 4.90 Å². The molecule has 5 nitrogen and oxygen atoms in total. The van der Waals surface area contributed by atoms with Crippen molar-refractivity contribution in [1.82, 2.24) is 9.71 Å². The Balaban J connectivity index is 2.08. The predicted octanol–water partition coefficient (Wildman–Crippen LogP) is 2.06. The largest absolute Gasteiger partial charge is 0.385 e. The van der Waals surface area contributed by atoms with Crippen LogP contribution in [0.25, 0.3) is 11.1 Å². The molecule has 6 heteroatoms. The molecule has 0 fully saturated rings. The molecule has 0 atom stereocenters. The molecule has 0 amide bonds. The third-order valence-electron chi connectivity index (χ3n) is 3.00. The minimum atomic E-state index is -3.46. The van der Waals surface area contributed by atoms with E-state index in [2.05, 4.69) is 9.71 Å². The van der Waals surface area contributed by atoms with Crippen molar-refractivity contribution in [1.29, 1.82) is 0 Å². The molecule has 1 aromatic carbocycles. The van der Waals surface area contributed by atoms with Gasteiger partial charge >= 0.3 is 0 Å². The van der Waals surface area contributed by atoms with Crippen molar-refractivity contribution >= 4 is 10.0 Å². The van der Waals surface area contributed by atoms with E-state index < -0.39 is 10.0 Å². The van der Waals surface area contributed by atoms with E-state index in [4.69, 9.17) is 4.74 Å². The van der Waals surface area contributed by atoms with Gasteiger partial charge in [0.1, 0.15) is 0 Å². The molecule has 0 aliphatic heterocycles. The van der Waals surface area contributed by atoms with E-state index >= 15 is 0 Å². The third-order valence-corrected chi connectivity index (χ3v) is 4.47. The molecular formula is C15H18N2O3S. The lowest BCUT2D eigenvalue weighted by Gasteiger charge is -2.07. The van der Waals surface area contributed by atoms with E-state index in [1.165, 1.54) is 0 Å². The van der Waals surface area contributed by atoms with Gasteiger partial charge in [0.25, 0.3) is 0 Å². The molecule has 0 unspecified atom stereocenters. The molecule has 112 valence electrons. The molecule has 1 aromatic heterocycles. The summed E-state index contributed by atoms with van der Waals surface area (Å²) in [4.78, 5) is 4.22. The van der Waals surface area contributed by atoms with Crippen LogP contribution in [-0.2, 0) is 14.8 Å². The fourth-order valence-corrected chi connectivity index (χ4v) is 2.95. The summed E-state index contributed by atoms with van der Waals surface area (Å²) in [5.41, 5.74) is 1.96. The second-order valence-electron chi connectivity index (χ2n) is 4.50. The number of methoxy groups -OCH3 is 1. The number of nitrogens with one attached hydrogen (secondary N) is 1. The van der Waals surface area contributed by atoms with E-state index in [-0.39, 0.29) is 4.90 Å². The Morgan fingerprint density at radius 2 is 1.67 bits per heavy atom. The smallest absolute Gasteiger partial charge is 0.240 e. The van der Waals surface area contributed by atoms with Crippen LogP contribution in [-0.4, -0.2) is 33.7 Å². The van der Waals surface area contributed by atoms with Crippen LogP contribution in [0.15, 0.2) is 53.7 Å². The first kappa shape index (κ1) is 15.6. The highest BCUT2D eigenvalue weighted by Gasteiger charge is 2.13. The quantitative estimate of drug-likeness (QED) is 0.795. The Bertz CT molecular complexity index is 655. The molecule has 0 aliphatic carbocycles. The molecule has 2 rings (SSSR count). The van der Waals surface area contributed by atoms with Crippen LogP contribution in [0, 0.1) is 0 Å². The maximum absolute atomic E-state index is 12.1. The number of rotatable bonds is 7. The van der Waals surface area contributed by atoms with Crippen molar-refractivity contribution in [2.75, 3.05) is 20.3 Å². The molecule has 2 aromatic rings. The number of hydrogen-bond acceptors (Lipinski definition) is 4. The van der Waals surface area contributed by atoms with Gasteiger partial charge in [-0.15, -0.1) is 0 Å². The second kappa shape index (κ2) is 7.31. The first-order valence-electron chi connectivity index (χ1n) is 6.62. The monoisotopic (exact) mass is 306 g/mol. The normalized spacial score (nSPS) is 11.5. The molecule has 1 heterocycles. The minimum absolute atomic E-state index is 0.262. The number of nitrogens with zero attached hydrogens (tertiary/aromatic N) is 1. The average Bonchev–Trinajstić information content (AvgIpc) is 2.53. The van der Waals surface area contributed by atoms with Crippen LogP contribution in [0.2, 0.25) is 0 Å². The van der Waals surface area contributed by atoms with Gasteiger partial charge in [0.2, 0.25) is 10.0 Å². The van der Waals surface area contributed by atoms with Crippen LogP contribution in [0.1, 0.15) is 6.42 Å². The van der Waals surface area contributed by atoms with E-state index in [1.54, 1.807) is 43.8 Å². The average molecular weight is 306 g/mol. The number of sulfonamides is 1. The van der Waals surface area contributed by atoms with Crippen molar-refractivity contribution in [3.05, 3.63) is 48.8 Å². The van der Waals surface area contributed by atoms with E-state index in [0.717, 1.165) is 11.1 Å². The zero-order valence-electron chi connectivity index (χ0n) is 11.8. The summed E-state index contributed by atoms with van der Waals surface area (Å²) in [5, 5.41) is 0. The topological polar surface area (TPSA) is 68.3 Å². The summed E-state index contributed by atoms with van der Waals surface area (Å²) in [7, 11) is -1.87. The summed E-state index contributed by atoms with van der Waals surface area (Å²) in [5.74, 6) is 0. The lowest BCUT2D eigenvalue weighted by Crippen LogP contribution is -2.25. The first-order chi connectivity index (χ1) is 10.1. The summed E-state index contributed by atoms with van der Waals surface area (Å²) < 4.78 is 31.6. The highest BCUT2D eigenvalue weighted by Crippen LogP contribution is 2.20. The third kappa shape index (κ3) is 4.35. The number of ether oxygens (including phenoxy) is 1. The minimum Gasteiger partial charge on any atom is -0.385 e. The van der Waals surface area contributed by atoms with Crippen LogP contribution >= 0.6 is 0 Å². The summed E-state index contributed by atoms with van der Waals surface area (Å²) in [6.07, 6.45) is 4.06. The molecule has 0 radical (unpaired) electrons. The summed E-state index contributed by atoms with van der Waals surface area (Å²) in [6.45, 7) is 0.895. The highest BCUT2D eigenvalue weighted by atomic mass is 32.2. The van der Waals surface area contributed by atoms with Crippen molar-refractivity contribution in [2.45, 2.75) is 11.3 Å². The van der Waals surface area contributed by atoms with Gasteiger partial charge < -0.3 is 4.74 Å². The zero-order chi connectivity index (χ0) is 15.1. The fourth-order valence-electron chi connectivity index (χ4n) is 1.88. The number of pyridine rings is 1. The van der Waals surface area contributed by atoms with Crippen molar-refractivity contribution in [3.63, 3.8) is 0 Å². The van der Waals surface area contributed by atoms with Crippen molar-refractivity contribution in [3.8, 4) is 11.1 Å². The van der Waals surface area contributed by atoms with Crippen molar-refractivity contribution in [2.24, 2.45) is 0 Å². The van der Waals surface area contributed by atoms with Crippen molar-refractivity contribution < 1.29 is 13.2 Å². The van der Waals surface area contributed by atoms with Gasteiger partial charge in [0, 0.05) is 32.7 Å². The van der Waals surface area contributed by atoms with E-state index in [0.29, 0.717) is 19.6 Å². The lowest BCUT2D eigenvalue weighted by molar-refractivity contribution is 0.196. The molecule has 0 saturated heterocycles. The van der Waals surface area contributed by atoms with Gasteiger partial charge in [-0.1, -0.05) is 12.1 Å². The maximum Gasteiger partial charge on any atom is 0.240 e. The van der Waals surface area contributed by atoms with Crippen LogP contribution in [0.3, 0.4) is 0 Å². The summed E-state index contributed by atoms with van der Waals surface area (Å²) in [6, 6.07) is 10.6. The Kier molecular flexibility index (Phi) is 5.44. The fraction of sp³-hybridized carbons (Fsp3) is 0.267. The molecule has 0 bridgehead atoms.